The summed E-state index contributed by atoms with van der Waals surface area (Å²) < 4.78 is 31.8. The van der Waals surface area contributed by atoms with Gasteiger partial charge in [0.1, 0.15) is 5.76 Å². The summed E-state index contributed by atoms with van der Waals surface area (Å²) in [7, 11) is -3.49. The van der Waals surface area contributed by atoms with Gasteiger partial charge in [0.05, 0.1) is 6.54 Å². The zero-order chi connectivity index (χ0) is 13.7. The van der Waals surface area contributed by atoms with Gasteiger partial charge in [0, 0.05) is 12.6 Å². The number of unbranched alkanes of at least 4 members (excludes halogenated alkanes) is 2. The molecule has 0 aromatic carbocycles. The number of rotatable bonds is 9. The van der Waals surface area contributed by atoms with E-state index in [4.69, 9.17) is 4.42 Å². The van der Waals surface area contributed by atoms with Crippen LogP contribution < -0.4 is 10.0 Å². The van der Waals surface area contributed by atoms with Gasteiger partial charge in [-0.15, -0.1) is 0 Å². The lowest BCUT2D eigenvalue weighted by molar-refractivity contribution is 0.399. The molecule has 6 heteroatoms. The van der Waals surface area contributed by atoms with Gasteiger partial charge in [0.15, 0.2) is 0 Å². The maximum absolute atomic E-state index is 11.9. The van der Waals surface area contributed by atoms with Crippen LogP contribution in [0.3, 0.4) is 0 Å². The molecule has 1 aliphatic rings. The number of sulfonamides is 1. The molecule has 0 amide bonds. The smallest absolute Gasteiger partial charge is 0.273 e. The molecule has 1 aromatic heterocycles. The first-order valence-electron chi connectivity index (χ1n) is 6.93. The van der Waals surface area contributed by atoms with Crippen molar-refractivity contribution in [2.45, 2.75) is 56.7 Å². The van der Waals surface area contributed by atoms with E-state index < -0.39 is 10.0 Å². The molecule has 0 aliphatic heterocycles. The van der Waals surface area contributed by atoms with E-state index in [0.29, 0.717) is 24.9 Å². The van der Waals surface area contributed by atoms with Crippen LogP contribution in [0, 0.1) is 0 Å². The number of nitrogens with one attached hydrogen (secondary N) is 2. The van der Waals surface area contributed by atoms with Gasteiger partial charge in [-0.3, -0.25) is 0 Å². The Bertz CT molecular complexity index is 492. The van der Waals surface area contributed by atoms with Crippen molar-refractivity contribution in [1.29, 1.82) is 0 Å². The second-order valence-corrected chi connectivity index (χ2v) is 6.68. The molecule has 1 fully saturated rings. The number of hydrogen-bond acceptors (Lipinski definition) is 4. The van der Waals surface area contributed by atoms with E-state index in [-0.39, 0.29) is 5.09 Å². The van der Waals surface area contributed by atoms with Crippen molar-refractivity contribution in [1.82, 2.24) is 10.0 Å². The molecular formula is C13H22N2O3S. The lowest BCUT2D eigenvalue weighted by atomic mass is 10.3. The minimum Gasteiger partial charge on any atom is -0.447 e. The number of furan rings is 1. The maximum Gasteiger partial charge on any atom is 0.273 e. The van der Waals surface area contributed by atoms with E-state index in [9.17, 15) is 8.42 Å². The summed E-state index contributed by atoms with van der Waals surface area (Å²) >= 11 is 0. The zero-order valence-electron chi connectivity index (χ0n) is 11.3. The van der Waals surface area contributed by atoms with E-state index in [2.05, 4.69) is 17.0 Å². The van der Waals surface area contributed by atoms with Crippen LogP contribution >= 0.6 is 0 Å². The Morgan fingerprint density at radius 1 is 1.32 bits per heavy atom. The molecule has 1 aliphatic carbocycles. The highest BCUT2D eigenvalue weighted by Crippen LogP contribution is 2.20. The predicted molar refractivity (Wildman–Crippen MR) is 73.3 cm³/mol. The molecule has 0 radical (unpaired) electrons. The molecule has 19 heavy (non-hydrogen) atoms. The standard InChI is InChI=1S/C13H22N2O3S/c1-2-3-4-9-15-19(16,17)13-8-7-12(18-13)10-14-11-5-6-11/h7-8,11,14-15H,2-6,9-10H2,1H3. The van der Waals surface area contributed by atoms with Gasteiger partial charge in [-0.2, -0.15) is 0 Å². The summed E-state index contributed by atoms with van der Waals surface area (Å²) in [6.07, 6.45) is 5.35. The first-order chi connectivity index (χ1) is 9.12. The Labute approximate surface area is 114 Å². The lowest BCUT2D eigenvalue weighted by Gasteiger charge is -2.03. The molecule has 0 atom stereocenters. The Balaban J connectivity index is 1.84. The third-order valence-electron chi connectivity index (χ3n) is 3.12. The van der Waals surface area contributed by atoms with Crippen molar-refractivity contribution in [2.75, 3.05) is 6.54 Å². The van der Waals surface area contributed by atoms with Crippen LogP contribution in [0.1, 0.15) is 44.8 Å². The van der Waals surface area contributed by atoms with Crippen LogP contribution in [0.2, 0.25) is 0 Å². The van der Waals surface area contributed by atoms with Gasteiger partial charge in [-0.1, -0.05) is 19.8 Å². The van der Waals surface area contributed by atoms with Crippen LogP contribution in [0.15, 0.2) is 21.6 Å². The fourth-order valence-electron chi connectivity index (χ4n) is 1.78. The monoisotopic (exact) mass is 286 g/mol. The Morgan fingerprint density at radius 2 is 2.11 bits per heavy atom. The highest BCUT2D eigenvalue weighted by atomic mass is 32.2. The van der Waals surface area contributed by atoms with E-state index in [0.717, 1.165) is 19.3 Å². The molecule has 108 valence electrons. The fraction of sp³-hybridized carbons (Fsp3) is 0.692. The first-order valence-corrected chi connectivity index (χ1v) is 8.42. The van der Waals surface area contributed by atoms with Gasteiger partial charge in [-0.25, -0.2) is 13.1 Å². The minimum atomic E-state index is -3.49. The van der Waals surface area contributed by atoms with Crippen molar-refractivity contribution < 1.29 is 12.8 Å². The van der Waals surface area contributed by atoms with Crippen molar-refractivity contribution >= 4 is 10.0 Å². The van der Waals surface area contributed by atoms with E-state index in [1.807, 2.05) is 0 Å². The predicted octanol–water partition coefficient (Wildman–Crippen LogP) is 2.00. The first kappa shape index (κ1) is 14.6. The van der Waals surface area contributed by atoms with Crippen LogP contribution in [0.4, 0.5) is 0 Å². The highest BCUT2D eigenvalue weighted by Gasteiger charge is 2.22. The summed E-state index contributed by atoms with van der Waals surface area (Å²) in [5.41, 5.74) is 0. The normalized spacial score (nSPS) is 15.8. The fourth-order valence-corrected chi connectivity index (χ4v) is 2.80. The Kier molecular flexibility index (Phi) is 5.01. The van der Waals surface area contributed by atoms with Crippen molar-refractivity contribution in [3.8, 4) is 0 Å². The van der Waals surface area contributed by atoms with Crippen LogP contribution in [0.25, 0.3) is 0 Å². The quantitative estimate of drug-likeness (QED) is 0.681. The van der Waals surface area contributed by atoms with Crippen molar-refractivity contribution in [3.63, 3.8) is 0 Å². The molecule has 0 bridgehead atoms. The van der Waals surface area contributed by atoms with Crippen LogP contribution in [-0.4, -0.2) is 21.0 Å². The number of hydrogen-bond donors (Lipinski definition) is 2. The Hall–Kier alpha value is -0.850. The topological polar surface area (TPSA) is 71.3 Å². The van der Waals surface area contributed by atoms with Crippen molar-refractivity contribution in [2.24, 2.45) is 0 Å². The molecule has 1 saturated carbocycles. The van der Waals surface area contributed by atoms with E-state index in [1.165, 1.54) is 18.9 Å². The van der Waals surface area contributed by atoms with Gasteiger partial charge in [0.2, 0.25) is 5.09 Å². The molecule has 2 rings (SSSR count). The van der Waals surface area contributed by atoms with Gasteiger partial charge in [-0.05, 0) is 31.4 Å². The van der Waals surface area contributed by atoms with Gasteiger partial charge in [0.25, 0.3) is 10.0 Å². The second kappa shape index (κ2) is 6.54. The Morgan fingerprint density at radius 3 is 2.79 bits per heavy atom. The molecule has 0 unspecified atom stereocenters. The molecule has 5 nitrogen and oxygen atoms in total. The zero-order valence-corrected chi connectivity index (χ0v) is 12.1. The molecule has 2 N–H and O–H groups in total. The van der Waals surface area contributed by atoms with Crippen LogP contribution in [-0.2, 0) is 16.6 Å². The van der Waals surface area contributed by atoms with Gasteiger partial charge >= 0.3 is 0 Å². The van der Waals surface area contributed by atoms with Crippen LogP contribution in [0.5, 0.6) is 0 Å². The summed E-state index contributed by atoms with van der Waals surface area (Å²) in [6, 6.07) is 3.82. The average molecular weight is 286 g/mol. The highest BCUT2D eigenvalue weighted by molar-refractivity contribution is 7.89. The van der Waals surface area contributed by atoms with E-state index in [1.54, 1.807) is 6.07 Å². The average Bonchev–Trinajstić information content (AvgIpc) is 3.08. The summed E-state index contributed by atoms with van der Waals surface area (Å²) in [5.74, 6) is 0.667. The third-order valence-corrected chi connectivity index (χ3v) is 4.45. The maximum atomic E-state index is 11.9. The lowest BCUT2D eigenvalue weighted by Crippen LogP contribution is -2.24. The SMILES string of the molecule is CCCCCNS(=O)(=O)c1ccc(CNC2CC2)o1. The summed E-state index contributed by atoms with van der Waals surface area (Å²) in [6.45, 7) is 3.14. The third kappa shape index (κ3) is 4.63. The van der Waals surface area contributed by atoms with Crippen molar-refractivity contribution in [3.05, 3.63) is 17.9 Å². The molecule has 0 spiro atoms. The van der Waals surface area contributed by atoms with Gasteiger partial charge < -0.3 is 9.73 Å². The second-order valence-electron chi connectivity index (χ2n) is 4.98. The largest absolute Gasteiger partial charge is 0.447 e. The van der Waals surface area contributed by atoms with E-state index >= 15 is 0 Å². The minimum absolute atomic E-state index is 0.0107. The summed E-state index contributed by atoms with van der Waals surface area (Å²) in [5, 5.41) is 3.30. The molecule has 1 aromatic rings. The molecule has 1 heterocycles. The summed E-state index contributed by atoms with van der Waals surface area (Å²) in [4.78, 5) is 0. The molecular weight excluding hydrogens is 264 g/mol. The molecule has 0 saturated heterocycles.